The van der Waals surface area contributed by atoms with Crippen molar-refractivity contribution in [3.8, 4) is 0 Å². The molecule has 2 rings (SSSR count). The number of rotatable bonds is 3. The minimum absolute atomic E-state index is 0.210. The van der Waals surface area contributed by atoms with Gasteiger partial charge in [0.1, 0.15) is 5.67 Å². The van der Waals surface area contributed by atoms with Crippen LogP contribution in [0.5, 0.6) is 0 Å². The highest BCUT2D eigenvalue weighted by molar-refractivity contribution is 5.24. The van der Waals surface area contributed by atoms with Gasteiger partial charge in [-0.15, -0.1) is 0 Å². The van der Waals surface area contributed by atoms with Crippen molar-refractivity contribution in [3.63, 3.8) is 0 Å². The lowest BCUT2D eigenvalue weighted by atomic mass is 9.80. The Morgan fingerprint density at radius 1 is 1.18 bits per heavy atom. The third-order valence-electron chi connectivity index (χ3n) is 3.88. The van der Waals surface area contributed by atoms with Gasteiger partial charge in [-0.2, -0.15) is 0 Å². The molecule has 0 aliphatic heterocycles. The van der Waals surface area contributed by atoms with E-state index in [0.717, 1.165) is 24.8 Å². The van der Waals surface area contributed by atoms with Gasteiger partial charge in [0, 0.05) is 12.5 Å². The summed E-state index contributed by atoms with van der Waals surface area (Å²) in [6.45, 7) is 2.13. The summed E-state index contributed by atoms with van der Waals surface area (Å²) in [7, 11) is 0. The first-order valence-corrected chi connectivity index (χ1v) is 6.64. The highest BCUT2D eigenvalue weighted by Crippen LogP contribution is 2.34. The van der Waals surface area contributed by atoms with E-state index in [1.807, 2.05) is 0 Å². The van der Waals surface area contributed by atoms with Crippen molar-refractivity contribution in [1.29, 1.82) is 0 Å². The van der Waals surface area contributed by atoms with Gasteiger partial charge in [0.05, 0.1) is 0 Å². The maximum absolute atomic E-state index is 14.6. The quantitative estimate of drug-likeness (QED) is 0.853. The normalized spacial score (nSPS) is 29.2. The second kappa shape index (κ2) is 5.18. The molecule has 2 N–H and O–H groups in total. The molecule has 1 aliphatic rings. The minimum Gasteiger partial charge on any atom is -0.328 e. The molecule has 94 valence electrons. The molecule has 1 nitrogen and oxygen atoms in total. The van der Waals surface area contributed by atoms with Crippen LogP contribution in [0.4, 0.5) is 4.39 Å². The number of hydrogen-bond donors (Lipinski definition) is 1. The van der Waals surface area contributed by atoms with Crippen LogP contribution < -0.4 is 5.73 Å². The van der Waals surface area contributed by atoms with Crippen LogP contribution in [0.25, 0.3) is 0 Å². The molecule has 1 aliphatic carbocycles. The average Bonchev–Trinajstić information content (AvgIpc) is 2.34. The maximum atomic E-state index is 14.6. The third kappa shape index (κ3) is 3.29. The van der Waals surface area contributed by atoms with Crippen molar-refractivity contribution in [2.75, 3.05) is 0 Å². The van der Waals surface area contributed by atoms with Crippen LogP contribution in [0.15, 0.2) is 24.3 Å². The summed E-state index contributed by atoms with van der Waals surface area (Å²) in [5.41, 5.74) is 7.22. The van der Waals surface area contributed by atoms with E-state index in [2.05, 4.69) is 31.2 Å². The van der Waals surface area contributed by atoms with E-state index < -0.39 is 5.67 Å². The number of alkyl halides is 1. The van der Waals surface area contributed by atoms with Crippen LogP contribution in [0.3, 0.4) is 0 Å². The van der Waals surface area contributed by atoms with Crippen LogP contribution in [0.2, 0.25) is 0 Å². The van der Waals surface area contributed by atoms with Gasteiger partial charge < -0.3 is 5.73 Å². The van der Waals surface area contributed by atoms with Crippen molar-refractivity contribution in [1.82, 2.24) is 0 Å². The topological polar surface area (TPSA) is 26.0 Å². The minimum atomic E-state index is -1.02. The fourth-order valence-electron chi connectivity index (χ4n) is 2.59. The van der Waals surface area contributed by atoms with Crippen molar-refractivity contribution >= 4 is 0 Å². The van der Waals surface area contributed by atoms with Gasteiger partial charge in [0.25, 0.3) is 0 Å². The molecule has 0 spiro atoms. The Morgan fingerprint density at radius 2 is 1.71 bits per heavy atom. The lowest BCUT2D eigenvalue weighted by Gasteiger charge is -2.32. The molecule has 0 aromatic heterocycles. The average molecular weight is 235 g/mol. The maximum Gasteiger partial charge on any atom is 0.115 e. The van der Waals surface area contributed by atoms with E-state index in [-0.39, 0.29) is 6.04 Å². The summed E-state index contributed by atoms with van der Waals surface area (Å²) < 4.78 is 14.6. The lowest BCUT2D eigenvalue weighted by molar-refractivity contribution is 0.0995. The summed E-state index contributed by atoms with van der Waals surface area (Å²) in [5, 5.41) is 0. The SMILES string of the molecule is CCc1ccc(CC2(F)CCC(N)CC2)cc1. The predicted molar refractivity (Wildman–Crippen MR) is 69.8 cm³/mol. The summed E-state index contributed by atoms with van der Waals surface area (Å²) in [6.07, 6.45) is 4.46. The second-order valence-corrected chi connectivity index (χ2v) is 5.34. The van der Waals surface area contributed by atoms with Crippen molar-refractivity contribution in [2.24, 2.45) is 5.73 Å². The highest BCUT2D eigenvalue weighted by Gasteiger charge is 2.34. The molecule has 0 bridgehead atoms. The molecule has 0 atom stereocenters. The van der Waals surface area contributed by atoms with Gasteiger partial charge in [-0.05, 0) is 43.2 Å². The molecule has 17 heavy (non-hydrogen) atoms. The molecule has 0 radical (unpaired) electrons. The Hall–Kier alpha value is -0.890. The van der Waals surface area contributed by atoms with Crippen LogP contribution in [0.1, 0.15) is 43.7 Å². The molecule has 0 amide bonds. The standard InChI is InChI=1S/C15H22FN/c1-2-12-3-5-13(6-4-12)11-15(16)9-7-14(17)8-10-15/h3-6,14H,2,7-11,17H2,1H3. The number of hydrogen-bond acceptors (Lipinski definition) is 1. The van der Waals surface area contributed by atoms with Gasteiger partial charge in [-0.3, -0.25) is 0 Å². The van der Waals surface area contributed by atoms with Gasteiger partial charge in [0.15, 0.2) is 0 Å². The fourth-order valence-corrected chi connectivity index (χ4v) is 2.59. The predicted octanol–water partition coefficient (Wildman–Crippen LogP) is 3.40. The Bertz CT molecular complexity index is 350. The smallest absolute Gasteiger partial charge is 0.115 e. The second-order valence-electron chi connectivity index (χ2n) is 5.34. The summed E-state index contributed by atoms with van der Waals surface area (Å²) in [4.78, 5) is 0. The van der Waals surface area contributed by atoms with E-state index >= 15 is 0 Å². The molecular weight excluding hydrogens is 213 g/mol. The molecular formula is C15H22FN. The van der Waals surface area contributed by atoms with Crippen molar-refractivity contribution in [3.05, 3.63) is 35.4 Å². The van der Waals surface area contributed by atoms with E-state index in [1.165, 1.54) is 5.56 Å². The Morgan fingerprint density at radius 3 is 2.24 bits per heavy atom. The Labute approximate surface area is 103 Å². The zero-order valence-electron chi connectivity index (χ0n) is 10.6. The summed E-state index contributed by atoms with van der Waals surface area (Å²) >= 11 is 0. The molecule has 1 saturated carbocycles. The molecule has 0 unspecified atom stereocenters. The number of nitrogens with two attached hydrogens (primary N) is 1. The van der Waals surface area contributed by atoms with Crippen molar-refractivity contribution < 1.29 is 4.39 Å². The van der Waals surface area contributed by atoms with Crippen LogP contribution in [-0.2, 0) is 12.8 Å². The zero-order valence-corrected chi connectivity index (χ0v) is 10.6. The fraction of sp³-hybridized carbons (Fsp3) is 0.600. The monoisotopic (exact) mass is 235 g/mol. The Kier molecular flexibility index (Phi) is 3.82. The molecule has 0 saturated heterocycles. The van der Waals surface area contributed by atoms with Crippen LogP contribution in [0, 0.1) is 0 Å². The molecule has 1 fully saturated rings. The van der Waals surface area contributed by atoms with Crippen molar-refractivity contribution in [2.45, 2.75) is 57.2 Å². The van der Waals surface area contributed by atoms with E-state index in [0.29, 0.717) is 19.3 Å². The van der Waals surface area contributed by atoms with Gasteiger partial charge in [0.2, 0.25) is 0 Å². The largest absolute Gasteiger partial charge is 0.328 e. The lowest BCUT2D eigenvalue weighted by Crippen LogP contribution is -2.37. The highest BCUT2D eigenvalue weighted by atomic mass is 19.1. The first-order valence-electron chi connectivity index (χ1n) is 6.64. The number of halogens is 1. The van der Waals surface area contributed by atoms with Gasteiger partial charge in [-0.25, -0.2) is 4.39 Å². The van der Waals surface area contributed by atoms with Gasteiger partial charge in [-0.1, -0.05) is 31.2 Å². The number of aryl methyl sites for hydroxylation is 1. The van der Waals surface area contributed by atoms with E-state index in [9.17, 15) is 4.39 Å². The summed E-state index contributed by atoms with van der Waals surface area (Å²) in [6, 6.07) is 8.55. The van der Waals surface area contributed by atoms with E-state index in [1.54, 1.807) is 0 Å². The summed E-state index contributed by atoms with van der Waals surface area (Å²) in [5.74, 6) is 0. The molecule has 2 heteroatoms. The van der Waals surface area contributed by atoms with Crippen LogP contribution >= 0.6 is 0 Å². The van der Waals surface area contributed by atoms with E-state index in [4.69, 9.17) is 5.73 Å². The first kappa shape index (κ1) is 12.6. The first-order chi connectivity index (χ1) is 8.11. The third-order valence-corrected chi connectivity index (χ3v) is 3.88. The molecule has 1 aromatic carbocycles. The van der Waals surface area contributed by atoms with Crippen LogP contribution in [-0.4, -0.2) is 11.7 Å². The molecule has 0 heterocycles. The number of benzene rings is 1. The molecule has 1 aromatic rings. The zero-order chi connectivity index (χ0) is 12.3. The Balaban J connectivity index is 1.99. The van der Waals surface area contributed by atoms with Gasteiger partial charge >= 0.3 is 0 Å².